The summed E-state index contributed by atoms with van der Waals surface area (Å²) in [5.41, 5.74) is 9.27. The van der Waals surface area contributed by atoms with Crippen LogP contribution in [0.15, 0.2) is 53.7 Å². The van der Waals surface area contributed by atoms with Gasteiger partial charge in [-0.3, -0.25) is 0 Å². The molecule has 23 heavy (non-hydrogen) atoms. The lowest BCUT2D eigenvalue weighted by molar-refractivity contribution is 0.206. The van der Waals surface area contributed by atoms with Gasteiger partial charge in [-0.25, -0.2) is 4.79 Å². The van der Waals surface area contributed by atoms with E-state index in [2.05, 4.69) is 22.6 Å². The van der Waals surface area contributed by atoms with Crippen molar-refractivity contribution in [3.05, 3.63) is 65.2 Å². The summed E-state index contributed by atoms with van der Waals surface area (Å²) in [7, 11) is 0. The normalized spacial score (nSPS) is 14.3. The van der Waals surface area contributed by atoms with Crippen molar-refractivity contribution in [2.45, 2.75) is 13.0 Å². The molecular formula is C17H18N4O2. The molecule has 2 aromatic rings. The number of oxime groups is 1. The molecule has 0 aliphatic carbocycles. The third-order valence-corrected chi connectivity index (χ3v) is 3.96. The van der Waals surface area contributed by atoms with Crippen LogP contribution in [0.4, 0.5) is 10.5 Å². The van der Waals surface area contributed by atoms with Crippen molar-refractivity contribution in [2.24, 2.45) is 10.9 Å². The zero-order valence-electron chi connectivity index (χ0n) is 12.6. The predicted molar refractivity (Wildman–Crippen MR) is 88.5 cm³/mol. The van der Waals surface area contributed by atoms with Crippen LogP contribution in [0.1, 0.15) is 16.7 Å². The Labute approximate surface area is 134 Å². The molecule has 0 fully saturated rings. The molecule has 0 radical (unpaired) electrons. The van der Waals surface area contributed by atoms with E-state index < -0.39 is 0 Å². The van der Waals surface area contributed by atoms with Gasteiger partial charge >= 0.3 is 6.03 Å². The Morgan fingerprint density at radius 3 is 2.52 bits per heavy atom. The summed E-state index contributed by atoms with van der Waals surface area (Å²) in [5.74, 6) is 0.0375. The molecule has 2 amide bonds. The van der Waals surface area contributed by atoms with Gasteiger partial charge in [-0.2, -0.15) is 0 Å². The van der Waals surface area contributed by atoms with E-state index in [1.807, 2.05) is 12.1 Å². The largest absolute Gasteiger partial charge is 0.409 e. The molecule has 0 spiro atoms. The molecule has 1 aliphatic heterocycles. The quantitative estimate of drug-likeness (QED) is 0.344. The molecule has 1 aliphatic rings. The number of carbonyl (C=O) groups is 1. The van der Waals surface area contributed by atoms with Crippen LogP contribution < -0.4 is 11.1 Å². The van der Waals surface area contributed by atoms with E-state index in [-0.39, 0.29) is 11.9 Å². The first kappa shape index (κ1) is 14.9. The van der Waals surface area contributed by atoms with Crippen LogP contribution >= 0.6 is 0 Å². The third-order valence-electron chi connectivity index (χ3n) is 3.96. The number of hydrogen-bond acceptors (Lipinski definition) is 3. The highest BCUT2D eigenvalue weighted by Gasteiger charge is 2.20. The second-order valence-corrected chi connectivity index (χ2v) is 5.43. The first-order chi connectivity index (χ1) is 11.2. The summed E-state index contributed by atoms with van der Waals surface area (Å²) in [6.07, 6.45) is 0.867. The molecule has 3 rings (SSSR count). The van der Waals surface area contributed by atoms with Crippen LogP contribution in [0.3, 0.4) is 0 Å². The molecule has 6 heteroatoms. The molecule has 4 N–H and O–H groups in total. The van der Waals surface area contributed by atoms with Gasteiger partial charge in [0.2, 0.25) is 0 Å². The number of nitrogens with one attached hydrogen (secondary N) is 1. The maximum Gasteiger partial charge on any atom is 0.322 e. The lowest BCUT2D eigenvalue weighted by atomic mass is 10.0. The summed E-state index contributed by atoms with van der Waals surface area (Å²) >= 11 is 0. The summed E-state index contributed by atoms with van der Waals surface area (Å²) < 4.78 is 0. The molecule has 0 saturated carbocycles. The van der Waals surface area contributed by atoms with E-state index in [0.717, 1.165) is 6.42 Å². The molecule has 0 atom stereocenters. The highest BCUT2D eigenvalue weighted by molar-refractivity contribution is 5.97. The van der Waals surface area contributed by atoms with E-state index in [0.29, 0.717) is 24.3 Å². The Balaban J connectivity index is 1.66. The second-order valence-electron chi connectivity index (χ2n) is 5.43. The van der Waals surface area contributed by atoms with Gasteiger partial charge in [-0.1, -0.05) is 29.4 Å². The van der Waals surface area contributed by atoms with Gasteiger partial charge in [-0.15, -0.1) is 0 Å². The number of nitrogens with zero attached hydrogens (tertiary/aromatic N) is 2. The minimum absolute atomic E-state index is 0.0375. The van der Waals surface area contributed by atoms with Crippen molar-refractivity contribution in [1.29, 1.82) is 0 Å². The van der Waals surface area contributed by atoms with Gasteiger partial charge in [0.15, 0.2) is 5.84 Å². The molecule has 0 bridgehead atoms. The molecule has 118 valence electrons. The van der Waals surface area contributed by atoms with Gasteiger partial charge in [0.25, 0.3) is 0 Å². The van der Waals surface area contributed by atoms with E-state index in [1.54, 1.807) is 29.2 Å². The van der Waals surface area contributed by atoms with Crippen LogP contribution in [-0.4, -0.2) is 28.5 Å². The van der Waals surface area contributed by atoms with Crippen LogP contribution in [0.2, 0.25) is 0 Å². The van der Waals surface area contributed by atoms with E-state index in [9.17, 15) is 4.79 Å². The fraction of sp³-hybridized carbons (Fsp3) is 0.176. The smallest absolute Gasteiger partial charge is 0.322 e. The topological polar surface area (TPSA) is 91.0 Å². The molecule has 6 nitrogen and oxygen atoms in total. The Morgan fingerprint density at radius 2 is 1.83 bits per heavy atom. The van der Waals surface area contributed by atoms with E-state index >= 15 is 0 Å². The average Bonchev–Trinajstić information content (AvgIpc) is 2.61. The van der Waals surface area contributed by atoms with Crippen molar-refractivity contribution >= 4 is 17.6 Å². The highest BCUT2D eigenvalue weighted by Crippen LogP contribution is 2.19. The number of amidine groups is 1. The summed E-state index contributed by atoms with van der Waals surface area (Å²) in [5, 5.41) is 14.5. The fourth-order valence-corrected chi connectivity index (χ4v) is 2.65. The predicted octanol–water partition coefficient (Wildman–Crippen LogP) is 2.37. The van der Waals surface area contributed by atoms with Gasteiger partial charge in [0.1, 0.15) is 0 Å². The lowest BCUT2D eigenvalue weighted by Gasteiger charge is -2.29. The minimum atomic E-state index is -0.129. The number of urea groups is 1. The van der Waals surface area contributed by atoms with Gasteiger partial charge < -0.3 is 21.2 Å². The SMILES string of the molecule is N/C(=N\O)c1ccc(NC(=O)N2CCc3ccccc3C2)cc1. The molecule has 0 aromatic heterocycles. The van der Waals surface area contributed by atoms with E-state index in [1.165, 1.54) is 11.1 Å². The molecule has 0 saturated heterocycles. The third kappa shape index (κ3) is 3.26. The molecular weight excluding hydrogens is 292 g/mol. The molecule has 1 heterocycles. The first-order valence-corrected chi connectivity index (χ1v) is 7.38. The number of amides is 2. The minimum Gasteiger partial charge on any atom is -0.409 e. The van der Waals surface area contributed by atoms with Crippen LogP contribution in [0, 0.1) is 0 Å². The number of rotatable bonds is 2. The van der Waals surface area contributed by atoms with Gasteiger partial charge in [-0.05, 0) is 41.8 Å². The van der Waals surface area contributed by atoms with Crippen molar-refractivity contribution in [3.63, 3.8) is 0 Å². The highest BCUT2D eigenvalue weighted by atomic mass is 16.4. The summed E-state index contributed by atoms with van der Waals surface area (Å²) in [6, 6.07) is 14.9. The summed E-state index contributed by atoms with van der Waals surface area (Å²) in [4.78, 5) is 14.2. The van der Waals surface area contributed by atoms with Crippen molar-refractivity contribution in [1.82, 2.24) is 4.90 Å². The summed E-state index contributed by atoms with van der Waals surface area (Å²) in [6.45, 7) is 1.31. The van der Waals surface area contributed by atoms with Crippen LogP contribution in [-0.2, 0) is 13.0 Å². The van der Waals surface area contributed by atoms with Crippen molar-refractivity contribution < 1.29 is 10.0 Å². The van der Waals surface area contributed by atoms with Gasteiger partial charge in [0, 0.05) is 24.3 Å². The average molecular weight is 310 g/mol. The first-order valence-electron chi connectivity index (χ1n) is 7.38. The van der Waals surface area contributed by atoms with Crippen LogP contribution in [0.5, 0.6) is 0 Å². The zero-order valence-corrected chi connectivity index (χ0v) is 12.6. The number of carbonyl (C=O) groups excluding carboxylic acids is 1. The Hall–Kier alpha value is -3.02. The Kier molecular flexibility index (Phi) is 4.14. The van der Waals surface area contributed by atoms with Crippen molar-refractivity contribution in [2.75, 3.05) is 11.9 Å². The number of anilines is 1. The van der Waals surface area contributed by atoms with Crippen LogP contribution in [0.25, 0.3) is 0 Å². The number of benzene rings is 2. The fourth-order valence-electron chi connectivity index (χ4n) is 2.65. The Morgan fingerprint density at radius 1 is 1.13 bits per heavy atom. The zero-order chi connectivity index (χ0) is 16.2. The second kappa shape index (κ2) is 6.39. The van der Waals surface area contributed by atoms with Gasteiger partial charge in [0.05, 0.1) is 0 Å². The number of fused-ring (bicyclic) bond motifs is 1. The van der Waals surface area contributed by atoms with E-state index in [4.69, 9.17) is 10.9 Å². The standard InChI is InChI=1S/C17H18N4O2/c18-16(20-23)13-5-7-15(8-6-13)19-17(22)21-10-9-12-3-1-2-4-14(12)11-21/h1-8,23H,9-11H2,(H2,18,20)(H,19,22). The monoisotopic (exact) mass is 310 g/mol. The van der Waals surface area contributed by atoms with Crippen molar-refractivity contribution in [3.8, 4) is 0 Å². The Bertz CT molecular complexity index is 741. The molecule has 0 unspecified atom stereocenters. The number of nitrogens with two attached hydrogens (primary N) is 1. The maximum atomic E-state index is 12.4. The lowest BCUT2D eigenvalue weighted by Crippen LogP contribution is -2.38. The maximum absolute atomic E-state index is 12.4. The molecule has 2 aromatic carbocycles. The number of hydrogen-bond donors (Lipinski definition) is 3.